The summed E-state index contributed by atoms with van der Waals surface area (Å²) >= 11 is 0. The van der Waals surface area contributed by atoms with Gasteiger partial charge in [0.2, 0.25) is 6.61 Å². The SMILES string of the molecule is COc1cccc(F)c1/C(C)=N/OCC(=O)O. The Labute approximate surface area is 97.5 Å². The molecule has 17 heavy (non-hydrogen) atoms. The number of carboxylic acid groups (broad SMARTS) is 1. The first-order chi connectivity index (χ1) is 8.06. The molecule has 1 aromatic rings. The highest BCUT2D eigenvalue weighted by Crippen LogP contribution is 2.21. The van der Waals surface area contributed by atoms with Crippen LogP contribution in [0.4, 0.5) is 4.39 Å². The lowest BCUT2D eigenvalue weighted by molar-refractivity contribution is -0.142. The number of halogens is 1. The van der Waals surface area contributed by atoms with Crippen LogP contribution in [-0.2, 0) is 9.63 Å². The first-order valence-electron chi connectivity index (χ1n) is 4.77. The van der Waals surface area contributed by atoms with Crippen molar-refractivity contribution in [1.29, 1.82) is 0 Å². The van der Waals surface area contributed by atoms with Crippen LogP contribution in [0.2, 0.25) is 0 Å². The molecule has 0 unspecified atom stereocenters. The summed E-state index contributed by atoms with van der Waals surface area (Å²) in [5, 5.41) is 11.9. The van der Waals surface area contributed by atoms with Crippen molar-refractivity contribution in [2.24, 2.45) is 5.16 Å². The molecule has 1 aromatic carbocycles. The summed E-state index contributed by atoms with van der Waals surface area (Å²) in [4.78, 5) is 14.7. The number of nitrogens with zero attached hydrogens (tertiary/aromatic N) is 1. The fraction of sp³-hybridized carbons (Fsp3) is 0.273. The maximum atomic E-state index is 13.5. The summed E-state index contributed by atoms with van der Waals surface area (Å²) in [6.45, 7) is 0.927. The van der Waals surface area contributed by atoms with E-state index in [1.807, 2.05) is 0 Å². The average molecular weight is 241 g/mol. The smallest absolute Gasteiger partial charge is 0.344 e. The molecular weight excluding hydrogens is 229 g/mol. The quantitative estimate of drug-likeness (QED) is 0.628. The van der Waals surface area contributed by atoms with Crippen molar-refractivity contribution in [3.05, 3.63) is 29.6 Å². The highest BCUT2D eigenvalue weighted by Gasteiger charge is 2.12. The number of carbonyl (C=O) groups is 1. The van der Waals surface area contributed by atoms with E-state index >= 15 is 0 Å². The zero-order valence-electron chi connectivity index (χ0n) is 9.44. The third-order valence-electron chi connectivity index (χ3n) is 1.95. The van der Waals surface area contributed by atoms with Crippen molar-refractivity contribution in [3.63, 3.8) is 0 Å². The zero-order valence-corrected chi connectivity index (χ0v) is 9.44. The Morgan fingerprint density at radius 2 is 2.24 bits per heavy atom. The maximum Gasteiger partial charge on any atom is 0.344 e. The summed E-state index contributed by atoms with van der Waals surface area (Å²) in [7, 11) is 1.41. The molecule has 5 nitrogen and oxygen atoms in total. The Morgan fingerprint density at radius 3 is 2.82 bits per heavy atom. The van der Waals surface area contributed by atoms with E-state index in [-0.39, 0.29) is 11.3 Å². The minimum Gasteiger partial charge on any atom is -0.496 e. The van der Waals surface area contributed by atoms with E-state index in [9.17, 15) is 9.18 Å². The van der Waals surface area contributed by atoms with Crippen molar-refractivity contribution < 1.29 is 23.9 Å². The van der Waals surface area contributed by atoms with Crippen LogP contribution in [-0.4, -0.2) is 30.5 Å². The fourth-order valence-electron chi connectivity index (χ4n) is 1.26. The van der Waals surface area contributed by atoms with E-state index in [1.165, 1.54) is 26.2 Å². The molecule has 0 bridgehead atoms. The lowest BCUT2D eigenvalue weighted by Gasteiger charge is -2.08. The van der Waals surface area contributed by atoms with Gasteiger partial charge in [0.1, 0.15) is 11.6 Å². The molecular formula is C11H12FNO4. The second kappa shape index (κ2) is 5.83. The number of carboxylic acids is 1. The van der Waals surface area contributed by atoms with E-state index in [0.717, 1.165) is 0 Å². The molecule has 0 saturated carbocycles. The number of methoxy groups -OCH3 is 1. The Bertz CT molecular complexity index is 445. The molecule has 1 rings (SSSR count). The van der Waals surface area contributed by atoms with Gasteiger partial charge >= 0.3 is 5.97 Å². The van der Waals surface area contributed by atoms with Crippen molar-refractivity contribution in [3.8, 4) is 5.75 Å². The topological polar surface area (TPSA) is 68.1 Å². The first-order valence-corrected chi connectivity index (χ1v) is 4.77. The van der Waals surface area contributed by atoms with E-state index in [4.69, 9.17) is 9.84 Å². The summed E-state index contributed by atoms with van der Waals surface area (Å²) in [5.41, 5.74) is 0.363. The molecule has 0 amide bonds. The van der Waals surface area contributed by atoms with Gasteiger partial charge in [-0.05, 0) is 19.1 Å². The van der Waals surface area contributed by atoms with Crippen LogP contribution in [0.5, 0.6) is 5.75 Å². The molecule has 0 fully saturated rings. The first kappa shape index (κ1) is 13.0. The minimum absolute atomic E-state index is 0.153. The van der Waals surface area contributed by atoms with E-state index in [0.29, 0.717) is 5.75 Å². The highest BCUT2D eigenvalue weighted by molar-refractivity contribution is 6.01. The van der Waals surface area contributed by atoms with Crippen LogP contribution in [0.3, 0.4) is 0 Å². The Hall–Kier alpha value is -2.11. The number of aliphatic carboxylic acids is 1. The van der Waals surface area contributed by atoms with E-state index in [1.54, 1.807) is 6.07 Å². The largest absolute Gasteiger partial charge is 0.496 e. The lowest BCUT2D eigenvalue weighted by atomic mass is 10.1. The maximum absolute atomic E-state index is 13.5. The van der Waals surface area contributed by atoms with Crippen LogP contribution in [0.25, 0.3) is 0 Å². The Balaban J connectivity index is 2.94. The predicted octanol–water partition coefficient (Wildman–Crippen LogP) is 1.66. The second-order valence-electron chi connectivity index (χ2n) is 3.16. The molecule has 0 atom stereocenters. The van der Waals surface area contributed by atoms with Gasteiger partial charge in [0.15, 0.2) is 0 Å². The monoisotopic (exact) mass is 241 g/mol. The number of rotatable bonds is 5. The fourth-order valence-corrected chi connectivity index (χ4v) is 1.26. The number of hydrogen-bond donors (Lipinski definition) is 1. The van der Waals surface area contributed by atoms with Crippen LogP contribution in [0, 0.1) is 5.82 Å². The van der Waals surface area contributed by atoms with Crippen molar-refractivity contribution >= 4 is 11.7 Å². The average Bonchev–Trinajstić information content (AvgIpc) is 2.27. The van der Waals surface area contributed by atoms with Gasteiger partial charge in [0, 0.05) is 0 Å². The third-order valence-corrected chi connectivity index (χ3v) is 1.95. The van der Waals surface area contributed by atoms with Crippen molar-refractivity contribution in [2.75, 3.05) is 13.7 Å². The van der Waals surface area contributed by atoms with Crippen molar-refractivity contribution in [1.82, 2.24) is 0 Å². The van der Waals surface area contributed by atoms with Gasteiger partial charge in [-0.1, -0.05) is 11.2 Å². The third kappa shape index (κ3) is 3.44. The van der Waals surface area contributed by atoms with Crippen LogP contribution in [0.15, 0.2) is 23.4 Å². The van der Waals surface area contributed by atoms with Crippen LogP contribution >= 0.6 is 0 Å². The van der Waals surface area contributed by atoms with Gasteiger partial charge in [-0.25, -0.2) is 9.18 Å². The van der Waals surface area contributed by atoms with Gasteiger partial charge < -0.3 is 14.7 Å². The normalized spacial score (nSPS) is 11.1. The molecule has 0 aliphatic heterocycles. The summed E-state index contributed by atoms with van der Waals surface area (Å²) < 4.78 is 18.5. The van der Waals surface area contributed by atoms with Gasteiger partial charge in [-0.3, -0.25) is 0 Å². The zero-order chi connectivity index (χ0) is 12.8. The van der Waals surface area contributed by atoms with E-state index < -0.39 is 18.4 Å². The minimum atomic E-state index is -1.15. The molecule has 92 valence electrons. The summed E-state index contributed by atoms with van der Waals surface area (Å²) in [6.07, 6.45) is 0. The van der Waals surface area contributed by atoms with Gasteiger partial charge in [0.05, 0.1) is 18.4 Å². The number of hydrogen-bond acceptors (Lipinski definition) is 4. The summed E-state index contributed by atoms with van der Waals surface area (Å²) in [6, 6.07) is 4.34. The molecule has 0 saturated heterocycles. The lowest BCUT2D eigenvalue weighted by Crippen LogP contribution is -2.07. The van der Waals surface area contributed by atoms with Gasteiger partial charge in [0.25, 0.3) is 0 Å². The van der Waals surface area contributed by atoms with E-state index in [2.05, 4.69) is 9.99 Å². The second-order valence-corrected chi connectivity index (χ2v) is 3.16. The molecule has 0 aliphatic carbocycles. The van der Waals surface area contributed by atoms with Crippen molar-refractivity contribution in [2.45, 2.75) is 6.92 Å². The molecule has 0 spiro atoms. The molecule has 6 heteroatoms. The Morgan fingerprint density at radius 1 is 1.53 bits per heavy atom. The van der Waals surface area contributed by atoms with Crippen LogP contribution < -0.4 is 4.74 Å². The molecule has 0 radical (unpaired) electrons. The number of benzene rings is 1. The highest BCUT2D eigenvalue weighted by atomic mass is 19.1. The Kier molecular flexibility index (Phi) is 4.45. The van der Waals surface area contributed by atoms with Gasteiger partial charge in [-0.2, -0.15) is 0 Å². The molecule has 0 aliphatic rings. The number of ether oxygens (including phenoxy) is 1. The predicted molar refractivity (Wildman–Crippen MR) is 58.8 cm³/mol. The standard InChI is InChI=1S/C11H12FNO4/c1-7(13-17-6-10(14)15)11-8(12)4-3-5-9(11)16-2/h3-5H,6H2,1-2H3,(H,14,15)/b13-7+. The number of oxime groups is 1. The molecule has 1 N–H and O–H groups in total. The van der Waals surface area contributed by atoms with Gasteiger partial charge in [-0.15, -0.1) is 0 Å². The van der Waals surface area contributed by atoms with Crippen LogP contribution in [0.1, 0.15) is 12.5 Å². The summed E-state index contributed by atoms with van der Waals surface area (Å²) in [5.74, 6) is -1.35. The molecule has 0 aromatic heterocycles. The molecule has 0 heterocycles.